The summed E-state index contributed by atoms with van der Waals surface area (Å²) >= 11 is 0. The van der Waals surface area contributed by atoms with Gasteiger partial charge in [-0.25, -0.2) is 0 Å². The van der Waals surface area contributed by atoms with E-state index in [1.165, 1.54) is 12.7 Å². The predicted molar refractivity (Wildman–Crippen MR) is 98.0 cm³/mol. The molecule has 0 radical (unpaired) electrons. The number of benzene rings is 1. The second kappa shape index (κ2) is 8.00. The smallest absolute Gasteiger partial charge is 0.307 e. The highest BCUT2D eigenvalue weighted by molar-refractivity contribution is 5.80. The lowest BCUT2D eigenvalue weighted by atomic mass is 9.86. The van der Waals surface area contributed by atoms with Crippen LogP contribution in [0.25, 0.3) is 0 Å². The number of esters is 1. The van der Waals surface area contributed by atoms with Crippen LogP contribution in [0.5, 0.6) is 0 Å². The van der Waals surface area contributed by atoms with E-state index in [9.17, 15) is 9.59 Å². The van der Waals surface area contributed by atoms with Crippen molar-refractivity contribution in [2.24, 2.45) is 11.7 Å². The van der Waals surface area contributed by atoms with Crippen LogP contribution in [0.1, 0.15) is 63.6 Å². The van der Waals surface area contributed by atoms with Crippen molar-refractivity contribution in [3.63, 3.8) is 0 Å². The number of hydrogen-bond donors (Lipinski definition) is 2. The zero-order valence-corrected chi connectivity index (χ0v) is 15.7. The summed E-state index contributed by atoms with van der Waals surface area (Å²) in [4.78, 5) is 24.3. The Morgan fingerprint density at radius 3 is 2.36 bits per heavy atom. The van der Waals surface area contributed by atoms with E-state index < -0.39 is 0 Å². The maximum absolute atomic E-state index is 12.6. The van der Waals surface area contributed by atoms with Crippen molar-refractivity contribution >= 4 is 11.9 Å². The molecule has 0 aliphatic heterocycles. The molecule has 138 valence electrons. The summed E-state index contributed by atoms with van der Waals surface area (Å²) in [5.41, 5.74) is 8.09. The first-order chi connectivity index (χ1) is 11.7. The minimum atomic E-state index is -0.384. The summed E-state index contributed by atoms with van der Waals surface area (Å²) in [5, 5.41) is 3.02. The molecule has 1 amide bonds. The fraction of sp³-hybridized carbons (Fsp3) is 0.600. The van der Waals surface area contributed by atoms with E-state index in [0.717, 1.165) is 18.4 Å². The van der Waals surface area contributed by atoms with Crippen molar-refractivity contribution in [3.8, 4) is 0 Å². The Morgan fingerprint density at radius 2 is 1.88 bits per heavy atom. The Kier molecular flexibility index (Phi) is 6.22. The molecule has 0 heterocycles. The topological polar surface area (TPSA) is 81.4 Å². The SMILES string of the molecule is COC(=O)CC(NC(=O)C1CCC(N)C1)c1ccc(C(C)(C)C)cc1. The fourth-order valence-electron chi connectivity index (χ4n) is 3.26. The molecule has 3 atom stereocenters. The van der Waals surface area contributed by atoms with Crippen LogP contribution in [0.4, 0.5) is 0 Å². The average molecular weight is 346 g/mol. The van der Waals surface area contributed by atoms with Crippen LogP contribution < -0.4 is 11.1 Å². The highest BCUT2D eigenvalue weighted by atomic mass is 16.5. The number of carbonyl (C=O) groups is 2. The van der Waals surface area contributed by atoms with Crippen molar-refractivity contribution in [1.29, 1.82) is 0 Å². The van der Waals surface area contributed by atoms with E-state index in [-0.39, 0.29) is 41.7 Å². The molecule has 3 N–H and O–H groups in total. The number of ether oxygens (including phenoxy) is 1. The number of rotatable bonds is 5. The van der Waals surface area contributed by atoms with Crippen molar-refractivity contribution in [1.82, 2.24) is 5.32 Å². The first kappa shape index (κ1) is 19.4. The average Bonchev–Trinajstić information content (AvgIpc) is 3.00. The van der Waals surface area contributed by atoms with Crippen LogP contribution in [-0.2, 0) is 19.7 Å². The van der Waals surface area contributed by atoms with Gasteiger partial charge in [-0.3, -0.25) is 9.59 Å². The summed E-state index contributed by atoms with van der Waals surface area (Å²) in [6, 6.07) is 7.78. The van der Waals surface area contributed by atoms with Gasteiger partial charge in [0, 0.05) is 12.0 Å². The van der Waals surface area contributed by atoms with Gasteiger partial charge >= 0.3 is 5.97 Å². The van der Waals surface area contributed by atoms with Gasteiger partial charge in [0.15, 0.2) is 0 Å². The number of methoxy groups -OCH3 is 1. The molecule has 1 fully saturated rings. The summed E-state index contributed by atoms with van der Waals surface area (Å²) in [6.45, 7) is 6.46. The lowest BCUT2D eigenvalue weighted by molar-refractivity contribution is -0.141. The Labute approximate surface area is 150 Å². The first-order valence-corrected chi connectivity index (χ1v) is 8.94. The zero-order chi connectivity index (χ0) is 18.6. The second-order valence-electron chi connectivity index (χ2n) is 7.98. The van der Waals surface area contributed by atoms with Crippen molar-refractivity contribution < 1.29 is 14.3 Å². The highest BCUT2D eigenvalue weighted by Crippen LogP contribution is 2.28. The van der Waals surface area contributed by atoms with Crippen LogP contribution >= 0.6 is 0 Å². The van der Waals surface area contributed by atoms with E-state index in [4.69, 9.17) is 10.5 Å². The largest absolute Gasteiger partial charge is 0.469 e. The zero-order valence-electron chi connectivity index (χ0n) is 15.7. The molecule has 1 aliphatic carbocycles. The summed E-state index contributed by atoms with van der Waals surface area (Å²) in [5.74, 6) is -0.431. The second-order valence-corrected chi connectivity index (χ2v) is 7.98. The fourth-order valence-corrected chi connectivity index (χ4v) is 3.26. The normalized spacial score (nSPS) is 21.6. The third-order valence-corrected chi connectivity index (χ3v) is 4.94. The first-order valence-electron chi connectivity index (χ1n) is 8.94. The molecule has 0 aromatic heterocycles. The summed E-state index contributed by atoms with van der Waals surface area (Å²) in [6.07, 6.45) is 2.51. The van der Waals surface area contributed by atoms with Gasteiger partial charge < -0.3 is 15.8 Å². The Morgan fingerprint density at radius 1 is 1.24 bits per heavy atom. The van der Waals surface area contributed by atoms with E-state index in [2.05, 4.69) is 38.2 Å². The van der Waals surface area contributed by atoms with Crippen LogP contribution in [0.2, 0.25) is 0 Å². The lowest BCUT2D eigenvalue weighted by Crippen LogP contribution is -2.35. The van der Waals surface area contributed by atoms with Crippen LogP contribution in [0.15, 0.2) is 24.3 Å². The maximum atomic E-state index is 12.6. The van der Waals surface area contributed by atoms with E-state index >= 15 is 0 Å². The molecule has 0 saturated heterocycles. The lowest BCUT2D eigenvalue weighted by Gasteiger charge is -2.23. The monoisotopic (exact) mass is 346 g/mol. The van der Waals surface area contributed by atoms with Gasteiger partial charge in [0.05, 0.1) is 19.6 Å². The quantitative estimate of drug-likeness (QED) is 0.803. The molecule has 25 heavy (non-hydrogen) atoms. The van der Waals surface area contributed by atoms with Crippen LogP contribution in [-0.4, -0.2) is 25.0 Å². The predicted octanol–water partition coefficient (Wildman–Crippen LogP) is 2.83. The summed E-state index contributed by atoms with van der Waals surface area (Å²) in [7, 11) is 1.36. The number of nitrogens with two attached hydrogens (primary N) is 1. The van der Waals surface area contributed by atoms with Crippen LogP contribution in [0, 0.1) is 5.92 Å². The third kappa shape index (κ3) is 5.30. The number of carbonyl (C=O) groups excluding carboxylic acids is 2. The molecule has 0 bridgehead atoms. The minimum Gasteiger partial charge on any atom is -0.469 e. The highest BCUT2D eigenvalue weighted by Gasteiger charge is 2.30. The molecule has 0 spiro atoms. The molecular weight excluding hydrogens is 316 g/mol. The number of hydrogen-bond acceptors (Lipinski definition) is 4. The molecule has 3 unspecified atom stereocenters. The van der Waals surface area contributed by atoms with Crippen molar-refractivity contribution in [2.75, 3.05) is 7.11 Å². The molecule has 1 saturated carbocycles. The molecule has 2 rings (SSSR count). The number of amides is 1. The Balaban J connectivity index is 2.15. The number of nitrogens with one attached hydrogen (secondary N) is 1. The molecule has 1 aromatic rings. The van der Waals surface area contributed by atoms with Gasteiger partial charge in [0.1, 0.15) is 0 Å². The molecule has 1 aliphatic rings. The van der Waals surface area contributed by atoms with Gasteiger partial charge in [0.25, 0.3) is 0 Å². The standard InChI is InChI=1S/C20H30N2O3/c1-20(2,3)15-8-5-13(6-9-15)17(12-18(23)25-4)22-19(24)14-7-10-16(21)11-14/h5-6,8-9,14,16-17H,7,10-12,21H2,1-4H3,(H,22,24). The maximum Gasteiger partial charge on any atom is 0.307 e. The minimum absolute atomic E-state index is 0.0262. The Bertz CT molecular complexity index is 604. The molecule has 1 aromatic carbocycles. The van der Waals surface area contributed by atoms with Gasteiger partial charge in [-0.1, -0.05) is 45.0 Å². The van der Waals surface area contributed by atoms with E-state index in [0.29, 0.717) is 6.42 Å². The van der Waals surface area contributed by atoms with Crippen molar-refractivity contribution in [2.45, 2.75) is 64.0 Å². The van der Waals surface area contributed by atoms with Gasteiger partial charge in [-0.05, 0) is 35.8 Å². The van der Waals surface area contributed by atoms with Gasteiger partial charge in [0.2, 0.25) is 5.91 Å². The van der Waals surface area contributed by atoms with Gasteiger partial charge in [-0.15, -0.1) is 0 Å². The Hall–Kier alpha value is -1.88. The van der Waals surface area contributed by atoms with Gasteiger partial charge in [-0.2, -0.15) is 0 Å². The van der Waals surface area contributed by atoms with Crippen molar-refractivity contribution in [3.05, 3.63) is 35.4 Å². The summed E-state index contributed by atoms with van der Waals surface area (Å²) < 4.78 is 4.79. The molecule has 5 heteroatoms. The van der Waals surface area contributed by atoms with E-state index in [1.54, 1.807) is 0 Å². The van der Waals surface area contributed by atoms with E-state index in [1.807, 2.05) is 12.1 Å². The third-order valence-electron chi connectivity index (χ3n) is 4.94. The van der Waals surface area contributed by atoms with Crippen LogP contribution in [0.3, 0.4) is 0 Å². The molecular formula is C20H30N2O3. The molecule has 5 nitrogen and oxygen atoms in total.